The highest BCUT2D eigenvalue weighted by molar-refractivity contribution is 5.81. The summed E-state index contributed by atoms with van der Waals surface area (Å²) in [6.45, 7) is 8.47. The first-order chi connectivity index (χ1) is 18.2. The van der Waals surface area contributed by atoms with E-state index in [2.05, 4.69) is 56.0 Å². The number of benzene rings is 2. The van der Waals surface area contributed by atoms with Crippen LogP contribution in [0.1, 0.15) is 49.7 Å². The van der Waals surface area contributed by atoms with Gasteiger partial charge in [-0.1, -0.05) is 44.5 Å². The molecule has 0 amide bonds. The predicted molar refractivity (Wildman–Crippen MR) is 149 cm³/mol. The number of pyridine rings is 1. The molecular weight excluding hydrogens is 474 g/mol. The maximum absolute atomic E-state index is 13.2. The molecule has 0 atom stereocenters. The average molecular weight is 508 g/mol. The Morgan fingerprint density at radius 1 is 1.03 bits per heavy atom. The molecule has 0 N–H and O–H groups in total. The van der Waals surface area contributed by atoms with Crippen molar-refractivity contribution in [3.63, 3.8) is 0 Å². The molecule has 0 aliphatic heterocycles. The number of carbonyl (C=O) groups is 1. The summed E-state index contributed by atoms with van der Waals surface area (Å²) in [4.78, 5) is 17.6. The summed E-state index contributed by atoms with van der Waals surface area (Å²) < 4.78 is 9.86. The smallest absolute Gasteiger partial charge is 0.222 e. The number of nitrogens with zero attached hydrogens (tertiary/aromatic N) is 5. The van der Waals surface area contributed by atoms with Gasteiger partial charge in [-0.3, -0.25) is 9.48 Å². The van der Waals surface area contributed by atoms with Gasteiger partial charge in [-0.15, -0.1) is 0 Å². The number of hydrogen-bond donors (Lipinski definition) is 0. The molecule has 5 aromatic rings. The van der Waals surface area contributed by atoms with Crippen LogP contribution in [0, 0.1) is 6.92 Å². The van der Waals surface area contributed by atoms with E-state index in [-0.39, 0.29) is 11.2 Å². The minimum absolute atomic E-state index is 0.117. The van der Waals surface area contributed by atoms with Crippen LogP contribution in [0.4, 0.5) is 0 Å². The molecule has 0 spiro atoms. The van der Waals surface area contributed by atoms with Crippen molar-refractivity contribution in [2.24, 2.45) is 7.05 Å². The van der Waals surface area contributed by atoms with Crippen molar-refractivity contribution in [3.05, 3.63) is 95.6 Å². The molecule has 7 heteroatoms. The third-order valence-electron chi connectivity index (χ3n) is 6.66. The van der Waals surface area contributed by atoms with Crippen LogP contribution in [-0.2, 0) is 30.1 Å². The molecule has 194 valence electrons. The van der Waals surface area contributed by atoms with Gasteiger partial charge < -0.3 is 4.74 Å². The van der Waals surface area contributed by atoms with Crippen molar-refractivity contribution in [3.8, 4) is 17.3 Å². The van der Waals surface area contributed by atoms with Crippen LogP contribution in [0.25, 0.3) is 16.6 Å². The Bertz CT molecular complexity index is 1590. The van der Waals surface area contributed by atoms with Crippen LogP contribution in [0.5, 0.6) is 11.6 Å². The van der Waals surface area contributed by atoms with E-state index in [1.54, 1.807) is 6.20 Å². The van der Waals surface area contributed by atoms with Gasteiger partial charge in [-0.2, -0.15) is 10.2 Å². The first kappa shape index (κ1) is 25.4. The fraction of sp³-hybridized carbons (Fsp3) is 0.290. The van der Waals surface area contributed by atoms with Crippen molar-refractivity contribution in [2.75, 3.05) is 0 Å². The third-order valence-corrected chi connectivity index (χ3v) is 6.66. The molecule has 0 aliphatic rings. The molecule has 3 heterocycles. The Hall–Kier alpha value is -4.26. The first-order valence-corrected chi connectivity index (χ1v) is 12.9. The lowest BCUT2D eigenvalue weighted by molar-refractivity contribution is -0.118. The van der Waals surface area contributed by atoms with E-state index in [0.29, 0.717) is 30.9 Å². The number of carbonyl (C=O) groups excluding carboxylic acids is 1. The second kappa shape index (κ2) is 10.2. The Kier molecular flexibility index (Phi) is 6.85. The van der Waals surface area contributed by atoms with Gasteiger partial charge in [0.05, 0.1) is 28.8 Å². The van der Waals surface area contributed by atoms with Gasteiger partial charge in [0.15, 0.2) is 0 Å². The number of rotatable bonds is 8. The number of ether oxygens (including phenoxy) is 1. The normalized spacial score (nSPS) is 11.7. The van der Waals surface area contributed by atoms with E-state index in [4.69, 9.17) is 9.84 Å². The summed E-state index contributed by atoms with van der Waals surface area (Å²) >= 11 is 0. The Labute approximate surface area is 223 Å². The Morgan fingerprint density at radius 3 is 2.58 bits per heavy atom. The summed E-state index contributed by atoms with van der Waals surface area (Å²) in [6.07, 6.45) is 4.75. The second-order valence-electron chi connectivity index (χ2n) is 10.8. The van der Waals surface area contributed by atoms with E-state index in [9.17, 15) is 4.79 Å². The molecule has 0 radical (unpaired) electrons. The highest BCUT2D eigenvalue weighted by Gasteiger charge is 2.22. The summed E-state index contributed by atoms with van der Waals surface area (Å²) in [5.41, 5.74) is 5.82. The number of aryl methyl sites for hydroxylation is 3. The lowest BCUT2D eigenvalue weighted by Gasteiger charge is -2.14. The van der Waals surface area contributed by atoms with Crippen LogP contribution >= 0.6 is 0 Å². The van der Waals surface area contributed by atoms with Crippen molar-refractivity contribution in [1.29, 1.82) is 0 Å². The van der Waals surface area contributed by atoms with Crippen molar-refractivity contribution in [1.82, 2.24) is 24.5 Å². The van der Waals surface area contributed by atoms with E-state index < -0.39 is 0 Å². The summed E-state index contributed by atoms with van der Waals surface area (Å²) in [5, 5.41) is 10.2. The molecule has 0 aliphatic carbocycles. The van der Waals surface area contributed by atoms with Gasteiger partial charge in [0.1, 0.15) is 11.5 Å². The maximum atomic E-state index is 13.2. The number of hydrogen-bond acceptors (Lipinski definition) is 5. The van der Waals surface area contributed by atoms with Gasteiger partial charge in [0, 0.05) is 42.5 Å². The largest absolute Gasteiger partial charge is 0.439 e. The molecule has 7 nitrogen and oxygen atoms in total. The lowest BCUT2D eigenvalue weighted by atomic mass is 9.92. The lowest BCUT2D eigenvalue weighted by Crippen LogP contribution is -2.12. The van der Waals surface area contributed by atoms with Gasteiger partial charge in [0.25, 0.3) is 0 Å². The van der Waals surface area contributed by atoms with Gasteiger partial charge in [0.2, 0.25) is 5.88 Å². The maximum Gasteiger partial charge on any atom is 0.222 e. The number of Topliss-reactive ketones (excluding diaryl/α,β-unsaturated/α-hetero) is 1. The van der Waals surface area contributed by atoms with Gasteiger partial charge >= 0.3 is 0 Å². The monoisotopic (exact) mass is 507 g/mol. The standard InChI is InChI=1S/C31H33N5O2/c1-21-8-11-24(12-9-21)36-25(19-29(34-36)31(2,3)4)18-26(37)13-10-22-7-6-16-32-30(22)38-27-14-15-28-23(17-27)20-33-35(28)5/h6-9,11-12,14-17,19-20H,10,13,18H2,1-5H3. The third kappa shape index (κ3) is 5.52. The molecule has 0 bridgehead atoms. The molecule has 5 rings (SSSR count). The zero-order chi connectivity index (χ0) is 26.9. The number of fused-ring (bicyclic) bond motifs is 1. The van der Waals surface area contributed by atoms with E-state index in [1.165, 1.54) is 5.56 Å². The highest BCUT2D eigenvalue weighted by atomic mass is 16.5. The molecule has 3 aromatic heterocycles. The second-order valence-corrected chi connectivity index (χ2v) is 10.8. The van der Waals surface area contributed by atoms with Crippen molar-refractivity contribution in [2.45, 2.75) is 52.4 Å². The van der Waals surface area contributed by atoms with Crippen molar-refractivity contribution >= 4 is 16.7 Å². The summed E-state index contributed by atoms with van der Waals surface area (Å²) in [6, 6.07) is 20.0. The molecule has 38 heavy (non-hydrogen) atoms. The number of ketones is 1. The summed E-state index contributed by atoms with van der Waals surface area (Å²) in [5.74, 6) is 1.35. The van der Waals surface area contributed by atoms with E-state index in [0.717, 1.165) is 33.5 Å². The predicted octanol–water partition coefficient (Wildman–Crippen LogP) is 6.30. The highest BCUT2D eigenvalue weighted by Crippen LogP contribution is 2.28. The molecule has 2 aromatic carbocycles. The zero-order valence-electron chi connectivity index (χ0n) is 22.6. The quantitative estimate of drug-likeness (QED) is 0.246. The van der Waals surface area contributed by atoms with Crippen LogP contribution in [0.15, 0.2) is 73.1 Å². The summed E-state index contributed by atoms with van der Waals surface area (Å²) in [7, 11) is 1.91. The fourth-order valence-electron chi connectivity index (χ4n) is 4.41. The van der Waals surface area contributed by atoms with Crippen LogP contribution in [-0.4, -0.2) is 30.3 Å². The number of aromatic nitrogens is 5. The minimum Gasteiger partial charge on any atom is -0.439 e. The van der Waals surface area contributed by atoms with E-state index >= 15 is 0 Å². The van der Waals surface area contributed by atoms with E-state index in [1.807, 2.05) is 65.1 Å². The Morgan fingerprint density at radius 2 is 1.82 bits per heavy atom. The van der Waals surface area contributed by atoms with Crippen LogP contribution in [0.2, 0.25) is 0 Å². The van der Waals surface area contributed by atoms with Crippen LogP contribution < -0.4 is 4.74 Å². The fourth-order valence-corrected chi connectivity index (χ4v) is 4.41. The molecule has 0 saturated carbocycles. The average Bonchev–Trinajstić information content (AvgIpc) is 3.47. The molecule has 0 unspecified atom stereocenters. The van der Waals surface area contributed by atoms with Gasteiger partial charge in [-0.25, -0.2) is 9.67 Å². The molecule has 0 fully saturated rings. The molecular formula is C31H33N5O2. The van der Waals surface area contributed by atoms with Crippen molar-refractivity contribution < 1.29 is 9.53 Å². The van der Waals surface area contributed by atoms with Crippen LogP contribution in [0.3, 0.4) is 0 Å². The minimum atomic E-state index is -0.117. The topological polar surface area (TPSA) is 74.8 Å². The zero-order valence-corrected chi connectivity index (χ0v) is 22.6. The molecule has 0 saturated heterocycles. The van der Waals surface area contributed by atoms with Gasteiger partial charge in [-0.05, 0) is 55.8 Å². The Balaban J connectivity index is 1.31. The SMILES string of the molecule is Cc1ccc(-n2nc(C(C)(C)C)cc2CC(=O)CCc2cccnc2Oc2ccc3c(cnn3C)c2)cc1. The first-order valence-electron chi connectivity index (χ1n) is 12.9.